The molecule has 0 amide bonds. The van der Waals surface area contributed by atoms with E-state index in [4.69, 9.17) is 15.2 Å². The summed E-state index contributed by atoms with van der Waals surface area (Å²) in [6.07, 6.45) is 0. The zero-order valence-electron chi connectivity index (χ0n) is 11.5. The smallest absolute Gasteiger partial charge is 0.144 e. The minimum atomic E-state index is 0.626. The van der Waals surface area contributed by atoms with Crippen molar-refractivity contribution in [2.75, 3.05) is 57.1 Å². The first-order valence-electron chi connectivity index (χ1n) is 6.86. The molecule has 1 saturated heterocycles. The lowest BCUT2D eigenvalue weighted by molar-refractivity contribution is 0.0398. The Balaban J connectivity index is 1.83. The van der Waals surface area contributed by atoms with E-state index in [-0.39, 0.29) is 0 Å². The van der Waals surface area contributed by atoms with Gasteiger partial charge in [-0.05, 0) is 19.1 Å². The fourth-order valence-corrected chi connectivity index (χ4v) is 2.15. The molecular formula is C14H23N3O2. The molecule has 0 aromatic heterocycles. The molecule has 3 N–H and O–H groups in total. The first kappa shape index (κ1) is 14.0. The first-order chi connectivity index (χ1) is 9.31. The number of nitrogens with one attached hydrogen (secondary N) is 1. The molecule has 0 radical (unpaired) electrons. The normalized spacial score (nSPS) is 16.3. The molecule has 0 spiro atoms. The van der Waals surface area contributed by atoms with Crippen LogP contribution in [0.2, 0.25) is 0 Å². The molecule has 2 rings (SSSR count). The van der Waals surface area contributed by atoms with Gasteiger partial charge in [-0.1, -0.05) is 6.07 Å². The van der Waals surface area contributed by atoms with Crippen LogP contribution >= 0.6 is 0 Å². The Morgan fingerprint density at radius 2 is 2.16 bits per heavy atom. The van der Waals surface area contributed by atoms with Gasteiger partial charge < -0.3 is 20.5 Å². The van der Waals surface area contributed by atoms with Crippen LogP contribution in [0.25, 0.3) is 0 Å². The average Bonchev–Trinajstić information content (AvgIpc) is 2.44. The minimum Gasteiger partial charge on any atom is -0.492 e. The maximum Gasteiger partial charge on any atom is 0.144 e. The summed E-state index contributed by atoms with van der Waals surface area (Å²) in [5.74, 6) is 0.749. The summed E-state index contributed by atoms with van der Waals surface area (Å²) in [7, 11) is 0. The molecule has 0 bridgehead atoms. The molecule has 1 aliphatic rings. The Morgan fingerprint density at radius 3 is 2.89 bits per heavy atom. The summed E-state index contributed by atoms with van der Waals surface area (Å²) in [6, 6.07) is 5.83. The number of nitrogens with two attached hydrogens (primary N) is 1. The molecule has 0 saturated carbocycles. The summed E-state index contributed by atoms with van der Waals surface area (Å²) in [5, 5.41) is 3.37. The maximum atomic E-state index is 6.07. The number of hydrogen-bond acceptors (Lipinski definition) is 5. The number of nitrogen functional groups attached to an aromatic ring is 1. The molecule has 19 heavy (non-hydrogen) atoms. The third-order valence-corrected chi connectivity index (χ3v) is 3.21. The van der Waals surface area contributed by atoms with Crippen molar-refractivity contribution in [1.82, 2.24) is 4.90 Å². The quantitative estimate of drug-likeness (QED) is 0.762. The Labute approximate surface area is 114 Å². The fraction of sp³-hybridized carbons (Fsp3) is 0.571. The van der Waals surface area contributed by atoms with Crippen LogP contribution in [0.5, 0.6) is 5.75 Å². The van der Waals surface area contributed by atoms with Gasteiger partial charge in [0.15, 0.2) is 0 Å². The lowest BCUT2D eigenvalue weighted by atomic mass is 10.2. The summed E-state index contributed by atoms with van der Waals surface area (Å²) >= 11 is 0. The highest BCUT2D eigenvalue weighted by Crippen LogP contribution is 2.29. The molecular weight excluding hydrogens is 242 g/mol. The summed E-state index contributed by atoms with van der Waals surface area (Å²) in [6.45, 7) is 8.15. The highest BCUT2D eigenvalue weighted by Gasteiger charge is 2.10. The van der Waals surface area contributed by atoms with Gasteiger partial charge in [-0.3, -0.25) is 4.90 Å². The third kappa shape index (κ3) is 4.01. The molecule has 0 atom stereocenters. The topological polar surface area (TPSA) is 59.8 Å². The van der Waals surface area contributed by atoms with Crippen LogP contribution in [0.15, 0.2) is 18.2 Å². The largest absolute Gasteiger partial charge is 0.492 e. The van der Waals surface area contributed by atoms with Gasteiger partial charge in [0.2, 0.25) is 0 Å². The number of morpholine rings is 1. The predicted octanol–water partition coefficient (Wildman–Crippen LogP) is 1.41. The summed E-state index contributed by atoms with van der Waals surface area (Å²) < 4.78 is 10.8. The van der Waals surface area contributed by atoms with E-state index in [1.165, 1.54) is 0 Å². The van der Waals surface area contributed by atoms with E-state index in [0.717, 1.165) is 50.8 Å². The van der Waals surface area contributed by atoms with E-state index in [1.807, 2.05) is 25.1 Å². The van der Waals surface area contributed by atoms with Crippen LogP contribution in [0.4, 0.5) is 11.4 Å². The molecule has 0 unspecified atom stereocenters. The highest BCUT2D eigenvalue weighted by molar-refractivity contribution is 5.72. The molecule has 106 valence electrons. The minimum absolute atomic E-state index is 0.626. The van der Waals surface area contributed by atoms with Crippen LogP contribution in [-0.4, -0.2) is 50.9 Å². The van der Waals surface area contributed by atoms with Crippen LogP contribution < -0.4 is 15.8 Å². The molecule has 1 aliphatic heterocycles. The van der Waals surface area contributed by atoms with Crippen molar-refractivity contribution in [3.63, 3.8) is 0 Å². The van der Waals surface area contributed by atoms with E-state index >= 15 is 0 Å². The van der Waals surface area contributed by atoms with Gasteiger partial charge in [-0.25, -0.2) is 0 Å². The van der Waals surface area contributed by atoms with Crippen LogP contribution in [-0.2, 0) is 4.74 Å². The molecule has 5 heteroatoms. The third-order valence-electron chi connectivity index (χ3n) is 3.21. The average molecular weight is 265 g/mol. The Kier molecular flexibility index (Phi) is 5.30. The van der Waals surface area contributed by atoms with Crippen molar-refractivity contribution in [1.29, 1.82) is 0 Å². The van der Waals surface area contributed by atoms with E-state index in [0.29, 0.717) is 12.3 Å². The second kappa shape index (κ2) is 7.21. The zero-order chi connectivity index (χ0) is 13.5. The SMILES string of the molecule is CCOc1cccc(NCCN2CCOCC2)c1N. The molecule has 0 aliphatic carbocycles. The number of para-hydroxylation sites is 1. The maximum absolute atomic E-state index is 6.07. The number of anilines is 2. The van der Waals surface area contributed by atoms with Crippen LogP contribution in [0.3, 0.4) is 0 Å². The Bertz CT molecular complexity index is 392. The standard InChI is InChI=1S/C14H23N3O2/c1-2-19-13-5-3-4-12(14(13)15)16-6-7-17-8-10-18-11-9-17/h3-5,16H,2,6-11,15H2,1H3. The molecule has 1 fully saturated rings. The van der Waals surface area contributed by atoms with E-state index in [1.54, 1.807) is 0 Å². The van der Waals surface area contributed by atoms with Crippen molar-refractivity contribution < 1.29 is 9.47 Å². The Hall–Kier alpha value is -1.46. The van der Waals surface area contributed by atoms with E-state index in [2.05, 4.69) is 10.2 Å². The highest BCUT2D eigenvalue weighted by atomic mass is 16.5. The van der Waals surface area contributed by atoms with Gasteiger partial charge in [0.25, 0.3) is 0 Å². The van der Waals surface area contributed by atoms with Gasteiger partial charge in [0, 0.05) is 26.2 Å². The number of hydrogen-bond donors (Lipinski definition) is 2. The van der Waals surface area contributed by atoms with Gasteiger partial charge in [-0.2, -0.15) is 0 Å². The van der Waals surface area contributed by atoms with Crippen LogP contribution in [0, 0.1) is 0 Å². The van der Waals surface area contributed by atoms with Crippen LogP contribution in [0.1, 0.15) is 6.92 Å². The second-order valence-corrected chi connectivity index (χ2v) is 4.53. The number of rotatable bonds is 6. The van der Waals surface area contributed by atoms with Crippen molar-refractivity contribution in [2.45, 2.75) is 6.92 Å². The molecule has 5 nitrogen and oxygen atoms in total. The van der Waals surface area contributed by atoms with Gasteiger partial charge in [-0.15, -0.1) is 0 Å². The van der Waals surface area contributed by atoms with Gasteiger partial charge >= 0.3 is 0 Å². The summed E-state index contributed by atoms with van der Waals surface area (Å²) in [4.78, 5) is 2.39. The van der Waals surface area contributed by atoms with Gasteiger partial charge in [0.1, 0.15) is 5.75 Å². The van der Waals surface area contributed by atoms with Crippen molar-refractivity contribution in [3.05, 3.63) is 18.2 Å². The molecule has 1 aromatic carbocycles. The monoisotopic (exact) mass is 265 g/mol. The number of benzene rings is 1. The fourth-order valence-electron chi connectivity index (χ4n) is 2.15. The number of ether oxygens (including phenoxy) is 2. The van der Waals surface area contributed by atoms with E-state index in [9.17, 15) is 0 Å². The van der Waals surface area contributed by atoms with Gasteiger partial charge in [0.05, 0.1) is 31.2 Å². The molecule has 1 heterocycles. The second-order valence-electron chi connectivity index (χ2n) is 4.53. The van der Waals surface area contributed by atoms with E-state index < -0.39 is 0 Å². The summed E-state index contributed by atoms with van der Waals surface area (Å²) in [5.41, 5.74) is 7.70. The van der Waals surface area contributed by atoms with Crippen molar-refractivity contribution in [2.24, 2.45) is 0 Å². The van der Waals surface area contributed by atoms with Crippen molar-refractivity contribution in [3.8, 4) is 5.75 Å². The lowest BCUT2D eigenvalue weighted by Gasteiger charge is -2.26. The lowest BCUT2D eigenvalue weighted by Crippen LogP contribution is -2.39. The van der Waals surface area contributed by atoms with Crippen molar-refractivity contribution >= 4 is 11.4 Å². The first-order valence-corrected chi connectivity index (χ1v) is 6.86. The number of nitrogens with zero attached hydrogens (tertiary/aromatic N) is 1. The Morgan fingerprint density at radius 1 is 1.37 bits per heavy atom. The molecule has 1 aromatic rings. The zero-order valence-corrected chi connectivity index (χ0v) is 11.5. The predicted molar refractivity (Wildman–Crippen MR) is 77.8 cm³/mol.